The number of hydrogen-bond acceptors (Lipinski definition) is 1. The first kappa shape index (κ1) is 14.3. The molecular weight excluding hydrogens is 286 g/mol. The van der Waals surface area contributed by atoms with E-state index in [0.717, 1.165) is 0 Å². The fourth-order valence-corrected chi connectivity index (χ4v) is 2.50. The van der Waals surface area contributed by atoms with E-state index in [1.165, 1.54) is 12.1 Å². The second kappa shape index (κ2) is 5.49. The number of aliphatic hydroxyl groups is 1. The van der Waals surface area contributed by atoms with E-state index < -0.39 is 5.60 Å². The summed E-state index contributed by atoms with van der Waals surface area (Å²) in [7, 11) is 0. The zero-order valence-electron chi connectivity index (χ0n) is 10.3. The monoisotopic (exact) mass is 298 g/mol. The molecule has 0 amide bonds. The van der Waals surface area contributed by atoms with Crippen LogP contribution in [0.4, 0.5) is 4.39 Å². The lowest BCUT2D eigenvalue weighted by Gasteiger charge is -2.25. The van der Waals surface area contributed by atoms with Gasteiger partial charge in [0.15, 0.2) is 0 Å². The van der Waals surface area contributed by atoms with Gasteiger partial charge >= 0.3 is 0 Å². The summed E-state index contributed by atoms with van der Waals surface area (Å²) in [5.41, 5.74) is -0.0971. The quantitative estimate of drug-likeness (QED) is 0.879. The molecule has 0 fully saturated rings. The minimum absolute atomic E-state index is 0.217. The Balaban J connectivity index is 2.36. The maximum atomic E-state index is 13.2. The van der Waals surface area contributed by atoms with Gasteiger partial charge in [0.1, 0.15) is 5.82 Å². The molecule has 0 aliphatic rings. The molecule has 2 aromatic carbocycles. The normalized spacial score (nSPS) is 14.2. The SMILES string of the molecule is CC(O)(Cc1c(Cl)cccc1Cl)c1cccc(F)c1. The Labute approximate surface area is 121 Å². The van der Waals surface area contributed by atoms with Crippen molar-refractivity contribution in [1.29, 1.82) is 0 Å². The zero-order valence-corrected chi connectivity index (χ0v) is 11.8. The average Bonchev–Trinajstić information content (AvgIpc) is 2.34. The summed E-state index contributed by atoms with van der Waals surface area (Å²) in [6.07, 6.45) is 0.217. The molecule has 2 rings (SSSR count). The Morgan fingerprint density at radius 1 is 1.11 bits per heavy atom. The van der Waals surface area contributed by atoms with Crippen molar-refractivity contribution in [1.82, 2.24) is 0 Å². The van der Waals surface area contributed by atoms with Gasteiger partial charge in [-0.3, -0.25) is 0 Å². The Hall–Kier alpha value is -1.09. The molecule has 1 unspecified atom stereocenters. The molecule has 0 heterocycles. The van der Waals surface area contributed by atoms with Crippen LogP contribution in [0.15, 0.2) is 42.5 Å². The molecule has 0 saturated carbocycles. The molecule has 19 heavy (non-hydrogen) atoms. The van der Waals surface area contributed by atoms with E-state index in [2.05, 4.69) is 0 Å². The third kappa shape index (κ3) is 3.27. The van der Waals surface area contributed by atoms with Crippen LogP contribution in [-0.4, -0.2) is 5.11 Å². The average molecular weight is 299 g/mol. The first-order chi connectivity index (χ1) is 8.90. The largest absolute Gasteiger partial charge is 0.385 e. The molecule has 1 N–H and O–H groups in total. The van der Waals surface area contributed by atoms with E-state index in [1.807, 2.05) is 0 Å². The van der Waals surface area contributed by atoms with Gasteiger partial charge in [-0.2, -0.15) is 0 Å². The Kier molecular flexibility index (Phi) is 4.14. The maximum Gasteiger partial charge on any atom is 0.123 e. The zero-order chi connectivity index (χ0) is 14.0. The van der Waals surface area contributed by atoms with Gasteiger partial charge < -0.3 is 5.11 Å². The van der Waals surface area contributed by atoms with E-state index >= 15 is 0 Å². The number of benzene rings is 2. The summed E-state index contributed by atoms with van der Waals surface area (Å²) in [4.78, 5) is 0. The first-order valence-electron chi connectivity index (χ1n) is 5.81. The van der Waals surface area contributed by atoms with Crippen molar-refractivity contribution in [3.8, 4) is 0 Å². The fraction of sp³-hybridized carbons (Fsp3) is 0.200. The molecule has 0 aliphatic carbocycles. The van der Waals surface area contributed by atoms with E-state index in [4.69, 9.17) is 23.2 Å². The van der Waals surface area contributed by atoms with Crippen molar-refractivity contribution < 1.29 is 9.50 Å². The highest BCUT2D eigenvalue weighted by atomic mass is 35.5. The lowest BCUT2D eigenvalue weighted by atomic mass is 9.89. The third-order valence-corrected chi connectivity index (χ3v) is 3.74. The molecule has 0 bridgehead atoms. The van der Waals surface area contributed by atoms with Crippen molar-refractivity contribution in [3.63, 3.8) is 0 Å². The highest BCUT2D eigenvalue weighted by Crippen LogP contribution is 2.32. The topological polar surface area (TPSA) is 20.2 Å². The van der Waals surface area contributed by atoms with Crippen LogP contribution >= 0.6 is 23.2 Å². The van der Waals surface area contributed by atoms with E-state index in [-0.39, 0.29) is 12.2 Å². The summed E-state index contributed by atoms with van der Waals surface area (Å²) in [5.74, 6) is -0.386. The lowest BCUT2D eigenvalue weighted by Crippen LogP contribution is -2.24. The van der Waals surface area contributed by atoms with Gasteiger partial charge in [-0.1, -0.05) is 41.4 Å². The van der Waals surface area contributed by atoms with Crippen LogP contribution in [0.3, 0.4) is 0 Å². The van der Waals surface area contributed by atoms with Crippen LogP contribution in [0.5, 0.6) is 0 Å². The molecule has 4 heteroatoms. The molecule has 0 saturated heterocycles. The molecule has 0 spiro atoms. The van der Waals surface area contributed by atoms with Gasteiger partial charge in [-0.15, -0.1) is 0 Å². The fourth-order valence-electron chi connectivity index (χ4n) is 1.97. The van der Waals surface area contributed by atoms with E-state index in [1.54, 1.807) is 37.3 Å². The highest BCUT2D eigenvalue weighted by molar-refractivity contribution is 6.36. The number of hydrogen-bond donors (Lipinski definition) is 1. The standard InChI is InChI=1S/C15H13Cl2FO/c1-15(19,10-4-2-5-11(18)8-10)9-12-13(16)6-3-7-14(12)17/h2-8,19H,9H2,1H3. The molecule has 0 radical (unpaired) electrons. The van der Waals surface area contributed by atoms with Gasteiger partial charge in [0, 0.05) is 16.5 Å². The first-order valence-corrected chi connectivity index (χ1v) is 6.57. The highest BCUT2D eigenvalue weighted by Gasteiger charge is 2.26. The van der Waals surface area contributed by atoms with Gasteiger partial charge in [-0.05, 0) is 42.3 Å². The summed E-state index contributed by atoms with van der Waals surface area (Å²) in [6.45, 7) is 1.61. The molecule has 100 valence electrons. The van der Waals surface area contributed by atoms with Crippen LogP contribution in [0.2, 0.25) is 10.0 Å². The van der Waals surface area contributed by atoms with Gasteiger partial charge in [0.25, 0.3) is 0 Å². The minimum Gasteiger partial charge on any atom is -0.385 e. The summed E-state index contributed by atoms with van der Waals surface area (Å²) in [6, 6.07) is 11.0. The minimum atomic E-state index is -1.24. The van der Waals surface area contributed by atoms with E-state index in [0.29, 0.717) is 21.2 Å². The second-order valence-corrected chi connectivity index (χ2v) is 5.48. The van der Waals surface area contributed by atoms with Gasteiger partial charge in [-0.25, -0.2) is 4.39 Å². The molecule has 0 aromatic heterocycles. The van der Waals surface area contributed by atoms with Crippen LogP contribution in [-0.2, 0) is 12.0 Å². The van der Waals surface area contributed by atoms with Crippen molar-refractivity contribution in [2.24, 2.45) is 0 Å². The van der Waals surface area contributed by atoms with E-state index in [9.17, 15) is 9.50 Å². The molecule has 1 nitrogen and oxygen atoms in total. The second-order valence-electron chi connectivity index (χ2n) is 4.66. The summed E-state index contributed by atoms with van der Waals surface area (Å²) in [5, 5.41) is 11.5. The molecule has 0 aliphatic heterocycles. The predicted octanol–water partition coefficient (Wildman–Crippen LogP) is 4.58. The van der Waals surface area contributed by atoms with Crippen molar-refractivity contribution in [3.05, 3.63) is 69.5 Å². The Morgan fingerprint density at radius 2 is 1.68 bits per heavy atom. The number of rotatable bonds is 3. The summed E-state index contributed by atoms with van der Waals surface area (Å²) >= 11 is 12.2. The lowest BCUT2D eigenvalue weighted by molar-refractivity contribution is 0.0573. The third-order valence-electron chi connectivity index (χ3n) is 3.03. The van der Waals surface area contributed by atoms with Crippen LogP contribution in [0, 0.1) is 5.82 Å². The molecular formula is C15H13Cl2FO. The van der Waals surface area contributed by atoms with Crippen LogP contribution < -0.4 is 0 Å². The smallest absolute Gasteiger partial charge is 0.123 e. The van der Waals surface area contributed by atoms with Crippen LogP contribution in [0.1, 0.15) is 18.1 Å². The number of halogens is 3. The van der Waals surface area contributed by atoms with Crippen molar-refractivity contribution in [2.75, 3.05) is 0 Å². The molecule has 1 atom stereocenters. The Morgan fingerprint density at radius 3 is 2.26 bits per heavy atom. The molecule has 2 aromatic rings. The predicted molar refractivity (Wildman–Crippen MR) is 76.1 cm³/mol. The van der Waals surface area contributed by atoms with Crippen LogP contribution in [0.25, 0.3) is 0 Å². The Bertz CT molecular complexity index is 576. The summed E-state index contributed by atoms with van der Waals surface area (Å²) < 4.78 is 13.2. The van der Waals surface area contributed by atoms with Crippen molar-refractivity contribution >= 4 is 23.2 Å². The maximum absolute atomic E-state index is 13.2. The van der Waals surface area contributed by atoms with Crippen molar-refractivity contribution in [2.45, 2.75) is 18.9 Å². The van der Waals surface area contributed by atoms with Gasteiger partial charge in [0.05, 0.1) is 5.60 Å². The van der Waals surface area contributed by atoms with Gasteiger partial charge in [0.2, 0.25) is 0 Å².